The van der Waals surface area contributed by atoms with Gasteiger partial charge >= 0.3 is 0 Å². The number of thiazole rings is 1. The number of hydrogen-bond acceptors (Lipinski definition) is 7. The number of thioether (sulfide) groups is 1. The van der Waals surface area contributed by atoms with Crippen molar-refractivity contribution in [2.75, 3.05) is 17.7 Å². The van der Waals surface area contributed by atoms with Gasteiger partial charge in [-0.3, -0.25) is 0 Å². The fourth-order valence-corrected chi connectivity index (χ4v) is 4.48. The lowest BCUT2D eigenvalue weighted by atomic mass is 10.2. The largest absolute Gasteiger partial charge is 0.350 e. The highest BCUT2D eigenvalue weighted by Gasteiger charge is 2.28. The summed E-state index contributed by atoms with van der Waals surface area (Å²) in [6.45, 7) is 1.98. The number of fused-ring (bicyclic) bond motifs is 1. The molecule has 1 unspecified atom stereocenters. The van der Waals surface area contributed by atoms with Crippen LogP contribution in [0.1, 0.15) is 12.8 Å². The summed E-state index contributed by atoms with van der Waals surface area (Å²) in [5.41, 5.74) is 0.813. The summed E-state index contributed by atoms with van der Waals surface area (Å²) in [5.74, 6) is 1.03. The third-order valence-electron chi connectivity index (χ3n) is 3.96. The van der Waals surface area contributed by atoms with Crippen molar-refractivity contribution in [3.05, 3.63) is 25.0 Å². The SMILES string of the molecule is CSc1nc2ncnc(N3CCCC3Cn3ccnc3)c2s1. The Bertz CT molecular complexity index is 769. The van der Waals surface area contributed by atoms with Gasteiger partial charge < -0.3 is 9.47 Å². The van der Waals surface area contributed by atoms with E-state index >= 15 is 0 Å². The maximum atomic E-state index is 4.57. The van der Waals surface area contributed by atoms with Crippen LogP contribution < -0.4 is 4.90 Å². The van der Waals surface area contributed by atoms with Crippen LogP contribution in [0.5, 0.6) is 0 Å². The van der Waals surface area contributed by atoms with E-state index in [2.05, 4.69) is 29.4 Å². The molecule has 1 aliphatic heterocycles. The van der Waals surface area contributed by atoms with Gasteiger partial charge in [0.05, 0.1) is 6.33 Å². The van der Waals surface area contributed by atoms with E-state index in [0.717, 1.165) is 33.6 Å². The molecule has 8 heteroatoms. The number of imidazole rings is 1. The first kappa shape index (κ1) is 14.0. The third kappa shape index (κ3) is 2.46. The first-order valence-corrected chi connectivity index (χ1v) is 9.27. The van der Waals surface area contributed by atoms with Crippen LogP contribution in [0.4, 0.5) is 5.82 Å². The summed E-state index contributed by atoms with van der Waals surface area (Å²) < 4.78 is 4.29. The van der Waals surface area contributed by atoms with Gasteiger partial charge in [0, 0.05) is 31.5 Å². The lowest BCUT2D eigenvalue weighted by Gasteiger charge is -2.26. The molecule has 1 fully saturated rings. The second kappa shape index (κ2) is 5.85. The van der Waals surface area contributed by atoms with Crippen molar-refractivity contribution in [3.63, 3.8) is 0 Å². The quantitative estimate of drug-likeness (QED) is 0.685. The molecule has 0 saturated carbocycles. The van der Waals surface area contributed by atoms with Crippen LogP contribution in [-0.2, 0) is 6.54 Å². The molecule has 0 bridgehead atoms. The summed E-state index contributed by atoms with van der Waals surface area (Å²) in [5, 5.41) is 0. The van der Waals surface area contributed by atoms with Gasteiger partial charge in [0.15, 0.2) is 15.8 Å². The summed E-state index contributed by atoms with van der Waals surface area (Å²) >= 11 is 3.35. The Labute approximate surface area is 136 Å². The van der Waals surface area contributed by atoms with Gasteiger partial charge in [0.2, 0.25) is 0 Å². The van der Waals surface area contributed by atoms with Gasteiger partial charge in [-0.25, -0.2) is 19.9 Å². The molecule has 0 aromatic carbocycles. The molecule has 1 aliphatic rings. The fraction of sp³-hybridized carbons (Fsp3) is 0.429. The molecule has 0 amide bonds. The van der Waals surface area contributed by atoms with E-state index in [1.807, 2.05) is 25.0 Å². The number of anilines is 1. The van der Waals surface area contributed by atoms with Gasteiger partial charge in [0.25, 0.3) is 0 Å². The average molecular weight is 332 g/mol. The molecule has 114 valence electrons. The first-order valence-electron chi connectivity index (χ1n) is 7.23. The monoisotopic (exact) mass is 332 g/mol. The predicted octanol–water partition coefficient (Wildman–Crippen LogP) is 2.67. The summed E-state index contributed by atoms with van der Waals surface area (Å²) in [6, 6.07) is 0.451. The van der Waals surface area contributed by atoms with E-state index in [4.69, 9.17) is 0 Å². The van der Waals surface area contributed by atoms with Gasteiger partial charge in [-0.15, -0.1) is 11.3 Å². The van der Waals surface area contributed by atoms with Crippen molar-refractivity contribution < 1.29 is 0 Å². The zero-order valence-electron chi connectivity index (χ0n) is 12.2. The number of hydrogen-bond donors (Lipinski definition) is 0. The molecular formula is C14H16N6S2. The molecular weight excluding hydrogens is 316 g/mol. The van der Waals surface area contributed by atoms with Crippen molar-refractivity contribution in [1.82, 2.24) is 24.5 Å². The number of nitrogens with zero attached hydrogens (tertiary/aromatic N) is 6. The second-order valence-corrected chi connectivity index (χ2v) is 7.34. The molecule has 0 spiro atoms. The van der Waals surface area contributed by atoms with Crippen LogP contribution in [0.15, 0.2) is 29.4 Å². The minimum absolute atomic E-state index is 0.451. The Hall–Kier alpha value is -1.67. The van der Waals surface area contributed by atoms with Gasteiger partial charge in [0.1, 0.15) is 11.0 Å². The average Bonchev–Trinajstić information content (AvgIpc) is 3.27. The Balaban J connectivity index is 1.69. The van der Waals surface area contributed by atoms with Crippen LogP contribution in [0, 0.1) is 0 Å². The Morgan fingerprint density at radius 3 is 3.18 bits per heavy atom. The highest BCUT2D eigenvalue weighted by Crippen LogP contribution is 2.35. The highest BCUT2D eigenvalue weighted by molar-refractivity contribution is 8.00. The molecule has 0 N–H and O–H groups in total. The fourth-order valence-electron chi connectivity index (χ4n) is 2.96. The van der Waals surface area contributed by atoms with Crippen molar-refractivity contribution in [2.45, 2.75) is 29.8 Å². The zero-order chi connectivity index (χ0) is 14.9. The molecule has 22 heavy (non-hydrogen) atoms. The zero-order valence-corrected chi connectivity index (χ0v) is 13.8. The van der Waals surface area contributed by atoms with Crippen LogP contribution in [0.25, 0.3) is 10.3 Å². The van der Waals surface area contributed by atoms with E-state index in [1.165, 1.54) is 12.8 Å². The maximum Gasteiger partial charge on any atom is 0.176 e. The minimum atomic E-state index is 0.451. The highest BCUT2D eigenvalue weighted by atomic mass is 32.2. The Morgan fingerprint density at radius 2 is 2.36 bits per heavy atom. The van der Waals surface area contributed by atoms with Crippen molar-refractivity contribution in [2.24, 2.45) is 0 Å². The molecule has 3 aromatic heterocycles. The Morgan fingerprint density at radius 1 is 1.41 bits per heavy atom. The molecule has 3 aromatic rings. The van der Waals surface area contributed by atoms with Crippen LogP contribution in [0.3, 0.4) is 0 Å². The molecule has 1 atom stereocenters. The Kier molecular flexibility index (Phi) is 3.71. The lowest BCUT2D eigenvalue weighted by Crippen LogP contribution is -2.33. The lowest BCUT2D eigenvalue weighted by molar-refractivity contribution is 0.548. The summed E-state index contributed by atoms with van der Waals surface area (Å²) in [4.78, 5) is 20.0. The number of aromatic nitrogens is 5. The van der Waals surface area contributed by atoms with E-state index in [-0.39, 0.29) is 0 Å². The summed E-state index contributed by atoms with van der Waals surface area (Å²) in [7, 11) is 0. The third-order valence-corrected chi connectivity index (χ3v) is 5.98. The minimum Gasteiger partial charge on any atom is -0.350 e. The molecule has 1 saturated heterocycles. The van der Waals surface area contributed by atoms with Gasteiger partial charge in [-0.05, 0) is 19.1 Å². The molecule has 4 rings (SSSR count). The standard InChI is InChI=1S/C14H16N6S2/c1-21-14-18-12-11(22-14)13(17-8-16-12)20-5-2-3-10(20)7-19-6-4-15-9-19/h4,6,8-10H,2-3,5,7H2,1H3. The van der Waals surface area contributed by atoms with Crippen LogP contribution in [0.2, 0.25) is 0 Å². The van der Waals surface area contributed by atoms with E-state index in [1.54, 1.807) is 29.4 Å². The van der Waals surface area contributed by atoms with E-state index in [0.29, 0.717) is 6.04 Å². The first-order chi connectivity index (χ1) is 10.8. The molecule has 4 heterocycles. The van der Waals surface area contributed by atoms with Crippen molar-refractivity contribution in [3.8, 4) is 0 Å². The second-order valence-electron chi connectivity index (χ2n) is 5.28. The van der Waals surface area contributed by atoms with Gasteiger partial charge in [-0.2, -0.15) is 0 Å². The van der Waals surface area contributed by atoms with Crippen LogP contribution >= 0.6 is 23.1 Å². The smallest absolute Gasteiger partial charge is 0.176 e. The van der Waals surface area contributed by atoms with E-state index < -0.39 is 0 Å². The molecule has 0 aliphatic carbocycles. The van der Waals surface area contributed by atoms with Crippen molar-refractivity contribution >= 4 is 39.3 Å². The van der Waals surface area contributed by atoms with Crippen molar-refractivity contribution in [1.29, 1.82) is 0 Å². The van der Waals surface area contributed by atoms with Gasteiger partial charge in [-0.1, -0.05) is 11.8 Å². The topological polar surface area (TPSA) is 59.7 Å². The maximum absolute atomic E-state index is 4.57. The molecule has 6 nitrogen and oxygen atoms in total. The normalized spacial score (nSPS) is 18.4. The van der Waals surface area contributed by atoms with E-state index in [9.17, 15) is 0 Å². The molecule has 0 radical (unpaired) electrons. The summed E-state index contributed by atoms with van der Waals surface area (Å²) in [6.07, 6.45) is 11.8. The number of rotatable bonds is 4. The van der Waals surface area contributed by atoms with Crippen LogP contribution in [-0.4, -0.2) is 43.3 Å². The predicted molar refractivity (Wildman–Crippen MR) is 89.6 cm³/mol.